The van der Waals surface area contributed by atoms with Gasteiger partial charge in [0.05, 0.1) is 25.0 Å². The molecule has 134 valence electrons. The lowest BCUT2D eigenvalue weighted by atomic mass is 10.2. The number of aromatic nitrogens is 1. The molecule has 2 aromatic heterocycles. The molecule has 6 nitrogen and oxygen atoms in total. The molecule has 3 aromatic rings. The SMILES string of the molecule is Cc1nc(-c2ccc(F)cc2)sc1C(=O)NCC(=O)NCc1ccco1. The lowest BCUT2D eigenvalue weighted by Crippen LogP contribution is -2.36. The normalized spacial score (nSPS) is 10.5. The largest absolute Gasteiger partial charge is 0.467 e. The van der Waals surface area contributed by atoms with Crippen LogP contribution in [-0.4, -0.2) is 23.3 Å². The summed E-state index contributed by atoms with van der Waals surface area (Å²) in [6.45, 7) is 1.83. The van der Waals surface area contributed by atoms with Crippen molar-refractivity contribution < 1.29 is 18.4 Å². The second kappa shape index (κ2) is 7.92. The third-order valence-corrected chi connectivity index (χ3v) is 4.75. The van der Waals surface area contributed by atoms with Crippen molar-refractivity contribution in [2.75, 3.05) is 6.54 Å². The van der Waals surface area contributed by atoms with Gasteiger partial charge in [0.1, 0.15) is 21.5 Å². The molecule has 2 N–H and O–H groups in total. The summed E-state index contributed by atoms with van der Waals surface area (Å²) in [4.78, 5) is 28.9. The molecule has 0 atom stereocenters. The number of hydrogen-bond acceptors (Lipinski definition) is 5. The number of benzene rings is 1. The van der Waals surface area contributed by atoms with E-state index >= 15 is 0 Å². The average Bonchev–Trinajstić information content (AvgIpc) is 3.28. The minimum Gasteiger partial charge on any atom is -0.467 e. The molecule has 0 unspecified atom stereocenters. The molecule has 3 rings (SSSR count). The van der Waals surface area contributed by atoms with Crippen molar-refractivity contribution in [3.63, 3.8) is 0 Å². The van der Waals surface area contributed by atoms with E-state index in [1.807, 2.05) is 0 Å². The Kier molecular flexibility index (Phi) is 5.43. The summed E-state index contributed by atoms with van der Waals surface area (Å²) >= 11 is 1.20. The van der Waals surface area contributed by atoms with Crippen LogP contribution in [0.25, 0.3) is 10.6 Å². The Bertz CT molecular complexity index is 904. The fraction of sp³-hybridized carbons (Fsp3) is 0.167. The van der Waals surface area contributed by atoms with Gasteiger partial charge in [0.2, 0.25) is 5.91 Å². The molecular formula is C18H16FN3O3S. The molecule has 26 heavy (non-hydrogen) atoms. The van der Waals surface area contributed by atoms with Gasteiger partial charge in [0.25, 0.3) is 5.91 Å². The molecule has 2 heterocycles. The monoisotopic (exact) mass is 373 g/mol. The first-order valence-electron chi connectivity index (χ1n) is 7.83. The Morgan fingerprint density at radius 3 is 2.65 bits per heavy atom. The summed E-state index contributed by atoms with van der Waals surface area (Å²) in [6, 6.07) is 9.38. The van der Waals surface area contributed by atoms with Crippen LogP contribution in [0, 0.1) is 12.7 Å². The molecule has 0 radical (unpaired) electrons. The maximum Gasteiger partial charge on any atom is 0.263 e. The van der Waals surface area contributed by atoms with E-state index in [1.165, 1.54) is 29.7 Å². The molecular weight excluding hydrogens is 357 g/mol. The number of aryl methyl sites for hydroxylation is 1. The van der Waals surface area contributed by atoms with Crippen LogP contribution in [0.15, 0.2) is 47.1 Å². The van der Waals surface area contributed by atoms with E-state index < -0.39 is 0 Å². The van der Waals surface area contributed by atoms with Crippen molar-refractivity contribution in [1.29, 1.82) is 0 Å². The predicted octanol–water partition coefficient (Wildman–Crippen LogP) is 2.90. The van der Waals surface area contributed by atoms with E-state index in [4.69, 9.17) is 4.42 Å². The van der Waals surface area contributed by atoms with E-state index in [-0.39, 0.29) is 30.7 Å². The highest BCUT2D eigenvalue weighted by atomic mass is 32.1. The number of halogens is 1. The van der Waals surface area contributed by atoms with Crippen molar-refractivity contribution in [1.82, 2.24) is 15.6 Å². The highest BCUT2D eigenvalue weighted by molar-refractivity contribution is 7.17. The number of nitrogens with zero attached hydrogens (tertiary/aromatic N) is 1. The van der Waals surface area contributed by atoms with Gasteiger partial charge < -0.3 is 15.1 Å². The molecule has 0 saturated heterocycles. The minimum atomic E-state index is -0.374. The topological polar surface area (TPSA) is 84.2 Å². The minimum absolute atomic E-state index is 0.150. The fourth-order valence-corrected chi connectivity index (χ4v) is 3.21. The number of thiazole rings is 1. The molecule has 0 spiro atoms. The van der Waals surface area contributed by atoms with Crippen molar-refractivity contribution in [2.45, 2.75) is 13.5 Å². The maximum atomic E-state index is 13.0. The summed E-state index contributed by atoms with van der Waals surface area (Å²) in [5, 5.41) is 5.84. The smallest absolute Gasteiger partial charge is 0.263 e. The van der Waals surface area contributed by atoms with Crippen LogP contribution < -0.4 is 10.6 Å². The van der Waals surface area contributed by atoms with Gasteiger partial charge >= 0.3 is 0 Å². The van der Waals surface area contributed by atoms with Crippen LogP contribution in [-0.2, 0) is 11.3 Å². The first-order valence-corrected chi connectivity index (χ1v) is 8.65. The Labute approximate surface area is 153 Å². The number of furan rings is 1. The molecule has 0 aliphatic heterocycles. The number of nitrogens with one attached hydrogen (secondary N) is 2. The van der Waals surface area contributed by atoms with E-state index in [0.717, 1.165) is 5.56 Å². The quantitative estimate of drug-likeness (QED) is 0.696. The van der Waals surface area contributed by atoms with Crippen molar-refractivity contribution in [3.8, 4) is 10.6 Å². The second-order valence-electron chi connectivity index (χ2n) is 5.48. The Morgan fingerprint density at radius 2 is 1.96 bits per heavy atom. The second-order valence-corrected chi connectivity index (χ2v) is 6.48. The molecule has 0 aliphatic carbocycles. The van der Waals surface area contributed by atoms with Crippen molar-refractivity contribution in [2.24, 2.45) is 0 Å². The van der Waals surface area contributed by atoms with E-state index in [9.17, 15) is 14.0 Å². The summed E-state index contributed by atoms with van der Waals surface area (Å²) in [6.07, 6.45) is 1.52. The van der Waals surface area contributed by atoms with Crippen LogP contribution in [0.4, 0.5) is 4.39 Å². The zero-order valence-electron chi connectivity index (χ0n) is 13.9. The third-order valence-electron chi connectivity index (χ3n) is 3.54. The van der Waals surface area contributed by atoms with E-state index in [2.05, 4.69) is 15.6 Å². The van der Waals surface area contributed by atoms with Gasteiger partial charge in [-0.2, -0.15) is 0 Å². The molecule has 0 saturated carbocycles. The van der Waals surface area contributed by atoms with Gasteiger partial charge in [0, 0.05) is 5.56 Å². The lowest BCUT2D eigenvalue weighted by Gasteiger charge is -2.05. The zero-order chi connectivity index (χ0) is 18.5. The van der Waals surface area contributed by atoms with Gasteiger partial charge in [0.15, 0.2) is 0 Å². The standard InChI is InChI=1S/C18H16FN3O3S/c1-11-16(26-18(22-11)12-4-6-13(19)7-5-12)17(24)21-10-15(23)20-9-14-3-2-8-25-14/h2-8H,9-10H2,1H3,(H,20,23)(H,21,24). The van der Waals surface area contributed by atoms with Gasteiger partial charge in [-0.05, 0) is 43.3 Å². The molecule has 0 bridgehead atoms. The number of carbonyl (C=O) groups is 2. The lowest BCUT2D eigenvalue weighted by molar-refractivity contribution is -0.120. The van der Waals surface area contributed by atoms with Gasteiger partial charge in [-0.25, -0.2) is 9.37 Å². The van der Waals surface area contributed by atoms with Gasteiger partial charge in [-0.1, -0.05) is 0 Å². The number of hydrogen-bond donors (Lipinski definition) is 2. The van der Waals surface area contributed by atoms with E-state index in [1.54, 1.807) is 31.2 Å². The number of amides is 2. The predicted molar refractivity (Wildman–Crippen MR) is 95.1 cm³/mol. The van der Waals surface area contributed by atoms with E-state index in [0.29, 0.717) is 21.3 Å². The number of rotatable bonds is 6. The maximum absolute atomic E-state index is 13.0. The Hall–Kier alpha value is -3.00. The van der Waals surface area contributed by atoms with Crippen LogP contribution in [0.3, 0.4) is 0 Å². The molecule has 2 amide bonds. The molecule has 8 heteroatoms. The van der Waals surface area contributed by atoms with Gasteiger partial charge in [-0.3, -0.25) is 9.59 Å². The van der Waals surface area contributed by atoms with Crippen LogP contribution in [0.1, 0.15) is 21.1 Å². The molecule has 1 aromatic carbocycles. The van der Waals surface area contributed by atoms with Gasteiger partial charge in [-0.15, -0.1) is 11.3 Å². The zero-order valence-corrected chi connectivity index (χ0v) is 14.7. The summed E-state index contributed by atoms with van der Waals surface area (Å²) in [5.41, 5.74) is 1.29. The third kappa shape index (κ3) is 4.34. The summed E-state index contributed by atoms with van der Waals surface area (Å²) in [7, 11) is 0. The highest BCUT2D eigenvalue weighted by Crippen LogP contribution is 2.27. The fourth-order valence-electron chi connectivity index (χ4n) is 2.23. The van der Waals surface area contributed by atoms with Crippen molar-refractivity contribution >= 4 is 23.2 Å². The number of carbonyl (C=O) groups excluding carboxylic acids is 2. The first-order chi connectivity index (χ1) is 12.5. The first kappa shape index (κ1) is 17.8. The van der Waals surface area contributed by atoms with Crippen LogP contribution in [0.5, 0.6) is 0 Å². The van der Waals surface area contributed by atoms with Crippen molar-refractivity contribution in [3.05, 3.63) is 64.8 Å². The average molecular weight is 373 g/mol. The highest BCUT2D eigenvalue weighted by Gasteiger charge is 2.17. The Morgan fingerprint density at radius 1 is 1.19 bits per heavy atom. The molecule has 0 aliphatic rings. The van der Waals surface area contributed by atoms with Crippen LogP contribution in [0.2, 0.25) is 0 Å². The summed E-state index contributed by atoms with van der Waals surface area (Å²) in [5.74, 6) is -0.398. The summed E-state index contributed by atoms with van der Waals surface area (Å²) < 4.78 is 18.1. The Balaban J connectivity index is 1.57. The molecule has 0 fully saturated rings. The van der Waals surface area contributed by atoms with Crippen LogP contribution >= 0.6 is 11.3 Å².